The van der Waals surface area contributed by atoms with Gasteiger partial charge in [-0.2, -0.15) is 10.4 Å². The van der Waals surface area contributed by atoms with E-state index in [2.05, 4.69) is 26.8 Å². The summed E-state index contributed by atoms with van der Waals surface area (Å²) in [4.78, 5) is 28.9. The first-order valence-corrected chi connectivity index (χ1v) is 11.7. The minimum Gasteiger partial charge on any atom is -0.469 e. The van der Waals surface area contributed by atoms with Crippen molar-refractivity contribution in [3.05, 3.63) is 76.3 Å². The van der Waals surface area contributed by atoms with Crippen LogP contribution in [0.25, 0.3) is 5.69 Å². The number of nitrogens with two attached hydrogens (primary N) is 1. The first-order valence-electron chi connectivity index (χ1n) is 10.9. The lowest BCUT2D eigenvalue weighted by molar-refractivity contribution is -0.120. The van der Waals surface area contributed by atoms with Crippen LogP contribution < -0.4 is 16.4 Å². The van der Waals surface area contributed by atoms with E-state index in [0.717, 1.165) is 5.69 Å². The molecule has 35 heavy (non-hydrogen) atoms. The molecule has 4 rings (SSSR count). The van der Waals surface area contributed by atoms with Crippen molar-refractivity contribution in [2.45, 2.75) is 26.2 Å². The number of aromatic nitrogens is 3. The van der Waals surface area contributed by atoms with Crippen LogP contribution in [0.1, 0.15) is 39.5 Å². The predicted octanol–water partition coefficient (Wildman–Crippen LogP) is 3.23. The minimum atomic E-state index is -0.311. The van der Waals surface area contributed by atoms with Gasteiger partial charge in [-0.1, -0.05) is 18.2 Å². The molecule has 2 amide bonds. The lowest BCUT2D eigenvalue weighted by Crippen LogP contribution is -2.26. The fourth-order valence-electron chi connectivity index (χ4n) is 3.48. The summed E-state index contributed by atoms with van der Waals surface area (Å²) in [6.07, 6.45) is 2.63. The summed E-state index contributed by atoms with van der Waals surface area (Å²) in [5.74, 6) is 0.324. The van der Waals surface area contributed by atoms with Crippen molar-refractivity contribution in [2.75, 3.05) is 17.6 Å². The van der Waals surface area contributed by atoms with Crippen LogP contribution in [-0.4, -0.2) is 33.1 Å². The molecule has 11 heteroatoms. The van der Waals surface area contributed by atoms with Crippen molar-refractivity contribution in [1.82, 2.24) is 20.1 Å². The average molecular weight is 490 g/mol. The van der Waals surface area contributed by atoms with Gasteiger partial charge in [0.2, 0.25) is 5.91 Å². The maximum absolute atomic E-state index is 12.3. The SMILES string of the molecule is Cc1occc1C(=O)Nc1nc(CC(=O)NCCCc2nn(-c3ccccc3)c(N)c2C#N)cs1. The number of nitrogens with zero attached hydrogens (tertiary/aromatic N) is 4. The second-order valence-corrected chi connectivity index (χ2v) is 8.54. The number of thiazole rings is 1. The molecule has 3 aromatic heterocycles. The predicted molar refractivity (Wildman–Crippen MR) is 131 cm³/mol. The van der Waals surface area contributed by atoms with Gasteiger partial charge >= 0.3 is 0 Å². The highest BCUT2D eigenvalue weighted by Crippen LogP contribution is 2.21. The number of para-hydroxylation sites is 1. The zero-order chi connectivity index (χ0) is 24.8. The van der Waals surface area contributed by atoms with E-state index in [4.69, 9.17) is 10.2 Å². The first-order chi connectivity index (χ1) is 17.0. The van der Waals surface area contributed by atoms with Gasteiger partial charge in [-0.25, -0.2) is 9.67 Å². The molecule has 0 saturated carbocycles. The Morgan fingerprint density at radius 2 is 2.06 bits per heavy atom. The Morgan fingerprint density at radius 1 is 1.26 bits per heavy atom. The number of hydrogen-bond acceptors (Lipinski definition) is 8. The van der Waals surface area contributed by atoms with E-state index in [1.165, 1.54) is 17.6 Å². The quantitative estimate of drug-likeness (QED) is 0.305. The largest absolute Gasteiger partial charge is 0.469 e. The zero-order valence-electron chi connectivity index (χ0n) is 18.9. The van der Waals surface area contributed by atoms with Crippen LogP contribution in [0, 0.1) is 18.3 Å². The topological polar surface area (TPSA) is 152 Å². The van der Waals surface area contributed by atoms with E-state index >= 15 is 0 Å². The van der Waals surface area contributed by atoms with Crippen molar-refractivity contribution in [2.24, 2.45) is 0 Å². The van der Waals surface area contributed by atoms with Crippen LogP contribution in [0.4, 0.5) is 10.9 Å². The third kappa shape index (κ3) is 5.56. The molecular weight excluding hydrogens is 466 g/mol. The van der Waals surface area contributed by atoms with Gasteiger partial charge in [0, 0.05) is 11.9 Å². The van der Waals surface area contributed by atoms with Crippen molar-refractivity contribution >= 4 is 34.1 Å². The van der Waals surface area contributed by atoms with Crippen molar-refractivity contribution in [1.29, 1.82) is 5.26 Å². The molecule has 4 aromatic rings. The second-order valence-electron chi connectivity index (χ2n) is 7.68. The highest BCUT2D eigenvalue weighted by Gasteiger charge is 2.17. The fourth-order valence-corrected chi connectivity index (χ4v) is 4.19. The van der Waals surface area contributed by atoms with Crippen LogP contribution in [0.15, 0.2) is 52.5 Å². The number of nitriles is 1. The second kappa shape index (κ2) is 10.7. The van der Waals surface area contributed by atoms with E-state index < -0.39 is 0 Å². The summed E-state index contributed by atoms with van der Waals surface area (Å²) >= 11 is 1.25. The van der Waals surface area contributed by atoms with Crippen LogP contribution in [0.3, 0.4) is 0 Å². The number of furan rings is 1. The third-order valence-corrected chi connectivity index (χ3v) is 6.04. The van der Waals surface area contributed by atoms with Gasteiger partial charge in [-0.15, -0.1) is 11.3 Å². The molecule has 4 N–H and O–H groups in total. The molecule has 0 saturated heterocycles. The maximum atomic E-state index is 12.3. The standard InChI is InChI=1S/C24H23N7O3S/c1-15-18(9-11-34-15)23(33)29-24-28-16(14-35-24)12-21(32)27-10-5-8-20-19(13-25)22(26)31(30-20)17-6-3-2-4-7-17/h2-4,6-7,9,11,14H,5,8,10,12,26H2,1H3,(H,27,32)(H,28,29,33). The average Bonchev–Trinajstić information content (AvgIpc) is 3.56. The van der Waals surface area contributed by atoms with E-state index in [-0.39, 0.29) is 18.2 Å². The molecule has 0 bridgehead atoms. The number of anilines is 2. The van der Waals surface area contributed by atoms with E-state index in [1.807, 2.05) is 30.3 Å². The molecule has 0 atom stereocenters. The summed E-state index contributed by atoms with van der Waals surface area (Å²) in [5.41, 5.74) is 8.85. The van der Waals surface area contributed by atoms with Crippen molar-refractivity contribution in [3.63, 3.8) is 0 Å². The molecule has 178 valence electrons. The zero-order valence-corrected chi connectivity index (χ0v) is 19.8. The summed E-state index contributed by atoms with van der Waals surface area (Å²) < 4.78 is 6.69. The Balaban J connectivity index is 1.26. The highest BCUT2D eigenvalue weighted by atomic mass is 32.1. The molecular formula is C24H23N7O3S. The number of hydrogen-bond donors (Lipinski definition) is 3. The number of amides is 2. The molecule has 0 spiro atoms. The lowest BCUT2D eigenvalue weighted by atomic mass is 10.1. The monoisotopic (exact) mass is 489 g/mol. The smallest absolute Gasteiger partial charge is 0.260 e. The van der Waals surface area contributed by atoms with Crippen LogP contribution in [-0.2, 0) is 17.6 Å². The molecule has 10 nitrogen and oxygen atoms in total. The van der Waals surface area contributed by atoms with Crippen LogP contribution in [0.2, 0.25) is 0 Å². The summed E-state index contributed by atoms with van der Waals surface area (Å²) in [6, 6.07) is 13.1. The number of aryl methyl sites for hydroxylation is 2. The van der Waals surface area contributed by atoms with E-state index in [1.54, 1.807) is 23.1 Å². The van der Waals surface area contributed by atoms with Gasteiger partial charge in [0.15, 0.2) is 5.13 Å². The number of nitrogens with one attached hydrogen (secondary N) is 2. The molecule has 3 heterocycles. The molecule has 0 radical (unpaired) electrons. The Hall–Kier alpha value is -4.43. The number of benzene rings is 1. The molecule has 0 fully saturated rings. The van der Waals surface area contributed by atoms with Gasteiger partial charge < -0.3 is 15.5 Å². The molecule has 1 aromatic carbocycles. The Morgan fingerprint density at radius 3 is 2.77 bits per heavy atom. The van der Waals surface area contributed by atoms with Gasteiger partial charge in [-0.05, 0) is 38.0 Å². The normalized spacial score (nSPS) is 10.6. The van der Waals surface area contributed by atoms with Gasteiger partial charge in [0.05, 0.1) is 35.3 Å². The Bertz CT molecular complexity index is 1380. The van der Waals surface area contributed by atoms with Crippen LogP contribution in [0.5, 0.6) is 0 Å². The minimum absolute atomic E-state index is 0.0934. The van der Waals surface area contributed by atoms with E-state index in [9.17, 15) is 14.9 Å². The maximum Gasteiger partial charge on any atom is 0.260 e. The number of rotatable bonds is 9. The molecule has 0 aliphatic carbocycles. The Labute approximate surface area is 205 Å². The molecule has 0 aliphatic rings. The van der Waals surface area contributed by atoms with Gasteiger partial charge in [-0.3, -0.25) is 14.9 Å². The fraction of sp³-hybridized carbons (Fsp3) is 0.208. The van der Waals surface area contributed by atoms with Crippen molar-refractivity contribution in [3.8, 4) is 11.8 Å². The Kier molecular flexibility index (Phi) is 7.23. The summed E-state index contributed by atoms with van der Waals surface area (Å²) in [7, 11) is 0. The van der Waals surface area contributed by atoms with Crippen LogP contribution >= 0.6 is 11.3 Å². The number of nitrogen functional groups attached to an aromatic ring is 1. The first kappa shape index (κ1) is 23.7. The third-order valence-electron chi connectivity index (χ3n) is 5.24. The van der Waals surface area contributed by atoms with E-state index in [0.29, 0.717) is 58.6 Å². The molecule has 0 aliphatic heterocycles. The highest BCUT2D eigenvalue weighted by molar-refractivity contribution is 7.14. The van der Waals surface area contributed by atoms with Crippen molar-refractivity contribution < 1.29 is 14.0 Å². The summed E-state index contributed by atoms with van der Waals surface area (Å²) in [5, 5.41) is 21.7. The number of carbonyl (C=O) groups excluding carboxylic acids is 2. The number of carbonyl (C=O) groups is 2. The lowest BCUT2D eigenvalue weighted by Gasteiger charge is -2.04. The molecule has 0 unspecified atom stereocenters. The van der Waals surface area contributed by atoms with Gasteiger partial charge in [0.1, 0.15) is 23.2 Å². The summed E-state index contributed by atoms with van der Waals surface area (Å²) in [6.45, 7) is 2.12. The van der Waals surface area contributed by atoms with Gasteiger partial charge in [0.25, 0.3) is 5.91 Å².